The Morgan fingerprint density at radius 2 is 2.04 bits per heavy atom. The molecule has 126 valence electrons. The van der Waals surface area contributed by atoms with Crippen molar-refractivity contribution in [2.24, 2.45) is 11.8 Å². The Labute approximate surface area is 135 Å². The number of benzene rings is 1. The maximum absolute atomic E-state index is 12.5. The van der Waals surface area contributed by atoms with Gasteiger partial charge in [-0.15, -0.1) is 0 Å². The highest BCUT2D eigenvalue weighted by Crippen LogP contribution is 2.33. The fraction of sp³-hybridized carbons (Fsp3) is 0.529. The standard InChI is InChI=1S/C17H23NO5/c1-3-23-15-8-7-13(22-2)10-14(15)18-16(19)11-5-4-6-12(9-11)17(20)21/h7-8,10-12H,3-6,9H2,1-2H3,(H,18,19)(H,20,21). The van der Waals surface area contributed by atoms with Crippen molar-refractivity contribution in [3.05, 3.63) is 18.2 Å². The second-order valence-corrected chi connectivity index (χ2v) is 5.68. The average molecular weight is 321 g/mol. The van der Waals surface area contributed by atoms with E-state index in [0.29, 0.717) is 43.1 Å². The lowest BCUT2D eigenvalue weighted by molar-refractivity contribution is -0.143. The molecule has 2 rings (SSSR count). The number of ether oxygens (including phenoxy) is 2. The Balaban J connectivity index is 2.11. The second kappa shape index (κ2) is 7.85. The van der Waals surface area contributed by atoms with Crippen LogP contribution in [0.5, 0.6) is 11.5 Å². The van der Waals surface area contributed by atoms with Crippen molar-refractivity contribution in [3.8, 4) is 11.5 Å². The van der Waals surface area contributed by atoms with Crippen LogP contribution >= 0.6 is 0 Å². The first-order valence-electron chi connectivity index (χ1n) is 7.89. The van der Waals surface area contributed by atoms with Gasteiger partial charge in [0.2, 0.25) is 5.91 Å². The summed E-state index contributed by atoms with van der Waals surface area (Å²) in [6.07, 6.45) is 2.49. The van der Waals surface area contributed by atoms with Gasteiger partial charge in [0, 0.05) is 12.0 Å². The first kappa shape index (κ1) is 17.1. The first-order valence-corrected chi connectivity index (χ1v) is 7.89. The first-order chi connectivity index (χ1) is 11.0. The Hall–Kier alpha value is -2.24. The maximum atomic E-state index is 12.5. The van der Waals surface area contributed by atoms with Crippen LogP contribution in [0.15, 0.2) is 18.2 Å². The van der Waals surface area contributed by atoms with E-state index >= 15 is 0 Å². The minimum absolute atomic E-state index is 0.162. The molecule has 0 aliphatic heterocycles. The zero-order chi connectivity index (χ0) is 16.8. The zero-order valence-electron chi connectivity index (χ0n) is 13.5. The van der Waals surface area contributed by atoms with E-state index in [4.69, 9.17) is 14.6 Å². The van der Waals surface area contributed by atoms with Gasteiger partial charge in [-0.25, -0.2) is 0 Å². The summed E-state index contributed by atoms with van der Waals surface area (Å²) in [5.74, 6) is -0.506. The van der Waals surface area contributed by atoms with Gasteiger partial charge in [0.15, 0.2) is 0 Å². The number of amides is 1. The van der Waals surface area contributed by atoms with Crippen molar-refractivity contribution in [1.29, 1.82) is 0 Å². The Kier molecular flexibility index (Phi) is 5.84. The van der Waals surface area contributed by atoms with E-state index in [2.05, 4.69) is 5.32 Å². The lowest BCUT2D eigenvalue weighted by Crippen LogP contribution is -2.31. The molecule has 6 nitrogen and oxygen atoms in total. The highest BCUT2D eigenvalue weighted by atomic mass is 16.5. The summed E-state index contributed by atoms with van der Waals surface area (Å²) in [7, 11) is 1.56. The van der Waals surface area contributed by atoms with Gasteiger partial charge in [-0.3, -0.25) is 9.59 Å². The predicted molar refractivity (Wildman–Crippen MR) is 85.9 cm³/mol. The lowest BCUT2D eigenvalue weighted by Gasteiger charge is -2.26. The normalized spacial score (nSPS) is 20.6. The molecule has 1 aliphatic carbocycles. The summed E-state index contributed by atoms with van der Waals surface area (Å²) in [6.45, 7) is 2.36. The van der Waals surface area contributed by atoms with E-state index in [-0.39, 0.29) is 11.8 Å². The van der Waals surface area contributed by atoms with Gasteiger partial charge in [0.05, 0.1) is 25.3 Å². The van der Waals surface area contributed by atoms with Gasteiger partial charge in [-0.1, -0.05) is 6.42 Å². The molecule has 2 atom stereocenters. The van der Waals surface area contributed by atoms with Crippen LogP contribution in [0.25, 0.3) is 0 Å². The molecule has 0 heterocycles. The molecule has 1 fully saturated rings. The van der Waals surface area contributed by atoms with Crippen LogP contribution in [0.4, 0.5) is 5.69 Å². The molecule has 2 N–H and O–H groups in total. The van der Waals surface area contributed by atoms with E-state index in [0.717, 1.165) is 6.42 Å². The molecule has 0 spiro atoms. The summed E-state index contributed by atoms with van der Waals surface area (Å²) in [4.78, 5) is 23.6. The molecular weight excluding hydrogens is 298 g/mol. The van der Waals surface area contributed by atoms with E-state index in [1.165, 1.54) is 0 Å². The number of aliphatic carboxylic acids is 1. The number of carbonyl (C=O) groups excluding carboxylic acids is 1. The molecular formula is C17H23NO5. The van der Waals surface area contributed by atoms with Crippen molar-refractivity contribution in [3.63, 3.8) is 0 Å². The van der Waals surface area contributed by atoms with Crippen LogP contribution in [-0.2, 0) is 9.59 Å². The third-order valence-corrected chi connectivity index (χ3v) is 4.14. The summed E-state index contributed by atoms with van der Waals surface area (Å²) in [6, 6.07) is 5.22. The number of nitrogens with one attached hydrogen (secondary N) is 1. The zero-order valence-corrected chi connectivity index (χ0v) is 13.5. The minimum Gasteiger partial charge on any atom is -0.497 e. The van der Waals surface area contributed by atoms with Gasteiger partial charge in [0.25, 0.3) is 0 Å². The predicted octanol–water partition coefficient (Wildman–Crippen LogP) is 2.92. The van der Waals surface area contributed by atoms with Gasteiger partial charge < -0.3 is 19.9 Å². The SMILES string of the molecule is CCOc1ccc(OC)cc1NC(=O)C1CCCC(C(=O)O)C1. The molecule has 1 aromatic carbocycles. The van der Waals surface area contributed by atoms with E-state index in [1.807, 2.05) is 6.92 Å². The van der Waals surface area contributed by atoms with Crippen LogP contribution in [0.1, 0.15) is 32.6 Å². The highest BCUT2D eigenvalue weighted by molar-refractivity contribution is 5.94. The second-order valence-electron chi connectivity index (χ2n) is 5.68. The molecule has 1 amide bonds. The molecule has 0 saturated heterocycles. The molecule has 1 saturated carbocycles. The van der Waals surface area contributed by atoms with Gasteiger partial charge in [-0.2, -0.15) is 0 Å². The molecule has 0 radical (unpaired) electrons. The lowest BCUT2D eigenvalue weighted by atomic mass is 9.81. The van der Waals surface area contributed by atoms with E-state index in [1.54, 1.807) is 25.3 Å². The molecule has 23 heavy (non-hydrogen) atoms. The number of carbonyl (C=O) groups is 2. The van der Waals surface area contributed by atoms with Crippen molar-refractivity contribution < 1.29 is 24.2 Å². The number of hydrogen-bond donors (Lipinski definition) is 2. The topological polar surface area (TPSA) is 84.9 Å². The van der Waals surface area contributed by atoms with Crippen LogP contribution in [0, 0.1) is 11.8 Å². The summed E-state index contributed by atoms with van der Waals surface area (Å²) >= 11 is 0. The molecule has 0 aromatic heterocycles. The number of hydrogen-bond acceptors (Lipinski definition) is 4. The number of anilines is 1. The van der Waals surface area contributed by atoms with Crippen LogP contribution in [0.2, 0.25) is 0 Å². The van der Waals surface area contributed by atoms with Gasteiger partial charge in [-0.05, 0) is 38.3 Å². The van der Waals surface area contributed by atoms with Crippen molar-refractivity contribution in [1.82, 2.24) is 0 Å². The molecule has 6 heteroatoms. The summed E-state index contributed by atoms with van der Waals surface area (Å²) < 4.78 is 10.7. The number of carboxylic acids is 1. The van der Waals surface area contributed by atoms with Crippen LogP contribution < -0.4 is 14.8 Å². The quantitative estimate of drug-likeness (QED) is 0.841. The summed E-state index contributed by atoms with van der Waals surface area (Å²) in [5, 5.41) is 12.0. The Bertz CT molecular complexity index is 572. The Morgan fingerprint density at radius 3 is 2.70 bits per heavy atom. The largest absolute Gasteiger partial charge is 0.497 e. The van der Waals surface area contributed by atoms with E-state index in [9.17, 15) is 9.59 Å². The van der Waals surface area contributed by atoms with Crippen molar-refractivity contribution in [2.45, 2.75) is 32.6 Å². The number of carboxylic acid groups (broad SMARTS) is 1. The maximum Gasteiger partial charge on any atom is 0.306 e. The van der Waals surface area contributed by atoms with Crippen molar-refractivity contribution in [2.75, 3.05) is 19.0 Å². The number of rotatable bonds is 6. The average Bonchev–Trinajstić information content (AvgIpc) is 2.56. The summed E-state index contributed by atoms with van der Waals surface area (Å²) in [5.41, 5.74) is 0.550. The minimum atomic E-state index is -0.820. The van der Waals surface area contributed by atoms with Crippen LogP contribution in [0.3, 0.4) is 0 Å². The third kappa shape index (κ3) is 4.37. The van der Waals surface area contributed by atoms with Crippen LogP contribution in [-0.4, -0.2) is 30.7 Å². The van der Waals surface area contributed by atoms with Gasteiger partial charge >= 0.3 is 5.97 Å². The van der Waals surface area contributed by atoms with Crippen molar-refractivity contribution >= 4 is 17.6 Å². The highest BCUT2D eigenvalue weighted by Gasteiger charge is 2.31. The molecule has 1 aromatic rings. The number of methoxy groups -OCH3 is 1. The molecule has 0 bridgehead atoms. The fourth-order valence-electron chi connectivity index (χ4n) is 2.90. The fourth-order valence-corrected chi connectivity index (χ4v) is 2.90. The smallest absolute Gasteiger partial charge is 0.306 e. The van der Waals surface area contributed by atoms with E-state index < -0.39 is 11.9 Å². The monoisotopic (exact) mass is 321 g/mol. The molecule has 2 unspecified atom stereocenters. The Morgan fingerprint density at radius 1 is 1.30 bits per heavy atom. The van der Waals surface area contributed by atoms with Gasteiger partial charge in [0.1, 0.15) is 11.5 Å². The molecule has 1 aliphatic rings. The third-order valence-electron chi connectivity index (χ3n) is 4.14.